The second-order valence-electron chi connectivity index (χ2n) is 5.15. The highest BCUT2D eigenvalue weighted by Gasteiger charge is 2.19. The number of aromatic nitrogens is 2. The molecule has 0 aromatic carbocycles. The first-order valence-electron chi connectivity index (χ1n) is 5.63. The summed E-state index contributed by atoms with van der Waals surface area (Å²) in [6.07, 6.45) is 0. The predicted octanol–water partition coefficient (Wildman–Crippen LogP) is 2.87. The molecule has 5 heteroatoms. The SMILES string of the molecule is COCC(C)Nc1cc(Cl)nc(C(C)(C)C)n1. The molecule has 1 N–H and O–H groups in total. The molecule has 0 amide bonds. The standard InChI is InChI=1S/C12H20ClN3O/c1-8(7-17-5)14-10-6-9(13)15-11(16-10)12(2,3)4/h6,8H,7H2,1-5H3,(H,14,15,16). The lowest BCUT2D eigenvalue weighted by atomic mass is 9.96. The van der Waals surface area contributed by atoms with E-state index in [1.165, 1.54) is 0 Å². The average Bonchev–Trinajstić information content (AvgIpc) is 2.15. The molecule has 96 valence electrons. The van der Waals surface area contributed by atoms with Crippen molar-refractivity contribution in [2.75, 3.05) is 19.0 Å². The fourth-order valence-corrected chi connectivity index (χ4v) is 1.55. The number of nitrogens with one attached hydrogen (secondary N) is 1. The maximum absolute atomic E-state index is 5.99. The van der Waals surface area contributed by atoms with Gasteiger partial charge in [-0.1, -0.05) is 32.4 Å². The van der Waals surface area contributed by atoms with Gasteiger partial charge in [0.1, 0.15) is 16.8 Å². The number of methoxy groups -OCH3 is 1. The molecule has 0 spiro atoms. The summed E-state index contributed by atoms with van der Waals surface area (Å²) in [5.74, 6) is 1.47. The molecule has 1 heterocycles. The molecule has 17 heavy (non-hydrogen) atoms. The van der Waals surface area contributed by atoms with Crippen LogP contribution >= 0.6 is 11.6 Å². The highest BCUT2D eigenvalue weighted by atomic mass is 35.5. The second-order valence-corrected chi connectivity index (χ2v) is 5.54. The van der Waals surface area contributed by atoms with Crippen molar-refractivity contribution < 1.29 is 4.74 Å². The van der Waals surface area contributed by atoms with Crippen LogP contribution in [-0.4, -0.2) is 29.7 Å². The maximum Gasteiger partial charge on any atom is 0.137 e. The van der Waals surface area contributed by atoms with Gasteiger partial charge in [0, 0.05) is 24.6 Å². The first kappa shape index (κ1) is 14.2. The molecule has 0 saturated heterocycles. The van der Waals surface area contributed by atoms with Gasteiger partial charge in [-0.25, -0.2) is 9.97 Å². The van der Waals surface area contributed by atoms with Crippen LogP contribution in [0.4, 0.5) is 5.82 Å². The third-order valence-corrected chi connectivity index (χ3v) is 2.37. The molecule has 0 saturated carbocycles. The summed E-state index contributed by atoms with van der Waals surface area (Å²) in [5, 5.41) is 3.69. The second kappa shape index (κ2) is 5.65. The van der Waals surface area contributed by atoms with E-state index in [1.807, 2.05) is 6.92 Å². The molecular formula is C12H20ClN3O. The Morgan fingerprint density at radius 3 is 2.59 bits per heavy atom. The van der Waals surface area contributed by atoms with E-state index in [0.717, 1.165) is 11.6 Å². The number of hydrogen-bond donors (Lipinski definition) is 1. The third-order valence-electron chi connectivity index (χ3n) is 2.18. The van der Waals surface area contributed by atoms with Gasteiger partial charge in [-0.15, -0.1) is 0 Å². The van der Waals surface area contributed by atoms with Crippen LogP contribution in [0.1, 0.15) is 33.5 Å². The summed E-state index contributed by atoms with van der Waals surface area (Å²) in [4.78, 5) is 8.71. The van der Waals surface area contributed by atoms with Crippen molar-refractivity contribution >= 4 is 17.4 Å². The number of nitrogens with zero attached hydrogens (tertiary/aromatic N) is 2. The number of anilines is 1. The van der Waals surface area contributed by atoms with Gasteiger partial charge in [0.2, 0.25) is 0 Å². The molecule has 0 aliphatic heterocycles. The monoisotopic (exact) mass is 257 g/mol. The van der Waals surface area contributed by atoms with Gasteiger partial charge < -0.3 is 10.1 Å². The molecule has 1 atom stereocenters. The van der Waals surface area contributed by atoms with Gasteiger partial charge in [0.05, 0.1) is 6.61 Å². The number of hydrogen-bond acceptors (Lipinski definition) is 4. The Kier molecular flexibility index (Phi) is 4.71. The molecule has 0 bridgehead atoms. The van der Waals surface area contributed by atoms with Gasteiger partial charge in [0.15, 0.2) is 0 Å². The summed E-state index contributed by atoms with van der Waals surface area (Å²) in [6.45, 7) is 8.81. The van der Waals surface area contributed by atoms with Crippen LogP contribution in [0.2, 0.25) is 5.15 Å². The van der Waals surface area contributed by atoms with Crippen molar-refractivity contribution in [3.63, 3.8) is 0 Å². The van der Waals surface area contributed by atoms with E-state index in [1.54, 1.807) is 13.2 Å². The summed E-state index contributed by atoms with van der Waals surface area (Å²) in [6, 6.07) is 1.90. The smallest absolute Gasteiger partial charge is 0.137 e. The summed E-state index contributed by atoms with van der Waals surface area (Å²) in [7, 11) is 1.67. The first-order valence-corrected chi connectivity index (χ1v) is 6.01. The Morgan fingerprint density at radius 2 is 2.06 bits per heavy atom. The van der Waals surface area contributed by atoms with E-state index in [9.17, 15) is 0 Å². The van der Waals surface area contributed by atoms with E-state index in [0.29, 0.717) is 11.8 Å². The minimum absolute atomic E-state index is 0.119. The van der Waals surface area contributed by atoms with Crippen molar-refractivity contribution in [2.24, 2.45) is 0 Å². The van der Waals surface area contributed by atoms with E-state index < -0.39 is 0 Å². The van der Waals surface area contributed by atoms with Crippen LogP contribution < -0.4 is 5.32 Å². The van der Waals surface area contributed by atoms with E-state index in [2.05, 4.69) is 36.1 Å². The molecule has 1 aromatic rings. The number of ether oxygens (including phenoxy) is 1. The van der Waals surface area contributed by atoms with E-state index >= 15 is 0 Å². The van der Waals surface area contributed by atoms with E-state index in [4.69, 9.17) is 16.3 Å². The summed E-state index contributed by atoms with van der Waals surface area (Å²) in [5.41, 5.74) is -0.119. The fraction of sp³-hybridized carbons (Fsp3) is 0.667. The largest absolute Gasteiger partial charge is 0.383 e. The van der Waals surface area contributed by atoms with Crippen molar-refractivity contribution in [3.8, 4) is 0 Å². The topological polar surface area (TPSA) is 47.0 Å². The van der Waals surface area contributed by atoms with Crippen LogP contribution in [0, 0.1) is 0 Å². The predicted molar refractivity (Wildman–Crippen MR) is 70.7 cm³/mol. The summed E-state index contributed by atoms with van der Waals surface area (Å²) >= 11 is 5.99. The first-order chi connectivity index (χ1) is 7.82. The van der Waals surface area contributed by atoms with Gasteiger partial charge in [-0.3, -0.25) is 0 Å². The maximum atomic E-state index is 5.99. The molecule has 1 aromatic heterocycles. The Balaban J connectivity index is 2.90. The highest BCUT2D eigenvalue weighted by Crippen LogP contribution is 2.22. The van der Waals surface area contributed by atoms with Crippen LogP contribution in [0.15, 0.2) is 6.07 Å². The van der Waals surface area contributed by atoms with Gasteiger partial charge >= 0.3 is 0 Å². The molecule has 0 radical (unpaired) electrons. The average molecular weight is 258 g/mol. The Labute approximate surface area is 108 Å². The zero-order valence-electron chi connectivity index (χ0n) is 11.0. The lowest BCUT2D eigenvalue weighted by molar-refractivity contribution is 0.190. The Hall–Kier alpha value is -0.870. The molecule has 1 unspecified atom stereocenters. The zero-order chi connectivity index (χ0) is 13.1. The highest BCUT2D eigenvalue weighted by molar-refractivity contribution is 6.29. The van der Waals surface area contributed by atoms with Crippen LogP contribution in [0.5, 0.6) is 0 Å². The lowest BCUT2D eigenvalue weighted by Gasteiger charge is -2.19. The number of rotatable bonds is 4. The minimum Gasteiger partial charge on any atom is -0.383 e. The van der Waals surface area contributed by atoms with Crippen molar-refractivity contribution in [3.05, 3.63) is 17.0 Å². The van der Waals surface area contributed by atoms with Gasteiger partial charge in [-0.05, 0) is 6.92 Å². The van der Waals surface area contributed by atoms with Crippen LogP contribution in [0.3, 0.4) is 0 Å². The quantitative estimate of drug-likeness (QED) is 0.843. The number of halogens is 1. The Bertz CT molecular complexity index is 377. The summed E-state index contributed by atoms with van der Waals surface area (Å²) < 4.78 is 5.06. The fourth-order valence-electron chi connectivity index (χ4n) is 1.37. The van der Waals surface area contributed by atoms with E-state index in [-0.39, 0.29) is 11.5 Å². The molecular weight excluding hydrogens is 238 g/mol. The lowest BCUT2D eigenvalue weighted by Crippen LogP contribution is -2.23. The van der Waals surface area contributed by atoms with Crippen molar-refractivity contribution in [1.82, 2.24) is 9.97 Å². The molecule has 0 fully saturated rings. The third kappa shape index (κ3) is 4.48. The van der Waals surface area contributed by atoms with Crippen LogP contribution in [-0.2, 0) is 10.2 Å². The van der Waals surface area contributed by atoms with Gasteiger partial charge in [0.25, 0.3) is 0 Å². The molecule has 1 rings (SSSR count). The van der Waals surface area contributed by atoms with Gasteiger partial charge in [-0.2, -0.15) is 0 Å². The van der Waals surface area contributed by atoms with Crippen LogP contribution in [0.25, 0.3) is 0 Å². The van der Waals surface area contributed by atoms with Crippen molar-refractivity contribution in [1.29, 1.82) is 0 Å². The Morgan fingerprint density at radius 1 is 1.41 bits per heavy atom. The molecule has 0 aliphatic carbocycles. The molecule has 4 nitrogen and oxygen atoms in total. The zero-order valence-corrected chi connectivity index (χ0v) is 11.8. The minimum atomic E-state index is -0.119. The molecule has 0 aliphatic rings. The normalized spacial score (nSPS) is 13.5. The van der Waals surface area contributed by atoms with Crippen molar-refractivity contribution in [2.45, 2.75) is 39.2 Å².